The first-order valence-electron chi connectivity index (χ1n) is 31.6. The van der Waals surface area contributed by atoms with E-state index in [-0.39, 0.29) is 31.1 Å². The number of allylic oxidation sites excluding steroid dienone is 8. The van der Waals surface area contributed by atoms with Gasteiger partial charge in [0.15, 0.2) is 6.10 Å². The molecule has 1 unspecified atom stereocenters. The maximum Gasteiger partial charge on any atom is 0.306 e. The molecule has 420 valence electrons. The summed E-state index contributed by atoms with van der Waals surface area (Å²) in [5, 5.41) is 0. The second-order valence-corrected chi connectivity index (χ2v) is 21.3. The van der Waals surface area contributed by atoms with Crippen LogP contribution in [0.25, 0.3) is 0 Å². The minimum absolute atomic E-state index is 0.0703. The van der Waals surface area contributed by atoms with Crippen molar-refractivity contribution in [2.24, 2.45) is 0 Å². The third-order valence-electron chi connectivity index (χ3n) is 14.1. The maximum absolute atomic E-state index is 12.9. The highest BCUT2D eigenvalue weighted by Gasteiger charge is 2.19. The van der Waals surface area contributed by atoms with Crippen molar-refractivity contribution in [3.8, 4) is 0 Å². The third-order valence-corrected chi connectivity index (χ3v) is 14.1. The third kappa shape index (κ3) is 58.3. The molecule has 0 N–H and O–H groups in total. The van der Waals surface area contributed by atoms with Crippen molar-refractivity contribution in [3.05, 3.63) is 48.6 Å². The van der Waals surface area contributed by atoms with Crippen LogP contribution in [0, 0.1) is 0 Å². The zero-order valence-corrected chi connectivity index (χ0v) is 48.2. The molecule has 0 aromatic carbocycles. The van der Waals surface area contributed by atoms with Crippen molar-refractivity contribution in [2.45, 2.75) is 341 Å². The number of carbonyl (C=O) groups excluding carboxylic acids is 3. The number of ether oxygens (including phenoxy) is 3. The second-order valence-electron chi connectivity index (χ2n) is 21.3. The number of hydrogen-bond donors (Lipinski definition) is 0. The van der Waals surface area contributed by atoms with E-state index in [4.69, 9.17) is 14.2 Å². The average Bonchev–Trinajstić information content (AvgIpc) is 3.38. The standard InChI is InChI=1S/C66H120O6/c1-4-7-10-13-16-19-22-25-28-30-32-33-34-36-38-41-44-47-50-53-56-59-65(68)71-62-63(61-70-64(67)58-55-52-49-46-43-40-37-27-24-21-18-15-12-9-6-3)72-66(69)60-57-54-51-48-45-42-39-35-31-29-26-23-20-17-14-11-8-5-2/h7,10,16,19,25,28,32-33,63H,4-6,8-9,11-15,17-18,20-24,26-27,29-31,34-62H2,1-3H3/b10-7-,19-16-,28-25-,33-32-. The minimum Gasteiger partial charge on any atom is -0.462 e. The molecule has 0 rings (SSSR count). The quantitative estimate of drug-likeness (QED) is 0.0261. The fraction of sp³-hybridized carbons (Fsp3) is 0.833. The van der Waals surface area contributed by atoms with Gasteiger partial charge < -0.3 is 14.2 Å². The summed E-state index contributed by atoms with van der Waals surface area (Å²) in [6.07, 6.45) is 75.4. The van der Waals surface area contributed by atoms with E-state index in [1.807, 2.05) is 0 Å². The summed E-state index contributed by atoms with van der Waals surface area (Å²) < 4.78 is 16.9. The van der Waals surface area contributed by atoms with Gasteiger partial charge in [0.1, 0.15) is 13.2 Å². The summed E-state index contributed by atoms with van der Waals surface area (Å²) >= 11 is 0. The molecule has 0 saturated heterocycles. The van der Waals surface area contributed by atoms with Gasteiger partial charge in [0.25, 0.3) is 0 Å². The summed E-state index contributed by atoms with van der Waals surface area (Å²) in [5.74, 6) is -0.855. The second kappa shape index (κ2) is 60.9. The number of esters is 3. The van der Waals surface area contributed by atoms with Crippen LogP contribution in [0.5, 0.6) is 0 Å². The van der Waals surface area contributed by atoms with Gasteiger partial charge in [-0.25, -0.2) is 0 Å². The number of carbonyl (C=O) groups is 3. The Morgan fingerprint density at radius 3 is 0.847 bits per heavy atom. The van der Waals surface area contributed by atoms with E-state index in [1.54, 1.807) is 0 Å². The van der Waals surface area contributed by atoms with Crippen molar-refractivity contribution in [2.75, 3.05) is 13.2 Å². The molecule has 0 aliphatic rings. The first-order valence-corrected chi connectivity index (χ1v) is 31.6. The highest BCUT2D eigenvalue weighted by molar-refractivity contribution is 5.71. The largest absolute Gasteiger partial charge is 0.462 e. The predicted octanol–water partition coefficient (Wildman–Crippen LogP) is 21.4. The van der Waals surface area contributed by atoms with E-state index >= 15 is 0 Å². The van der Waals surface area contributed by atoms with Gasteiger partial charge in [0.05, 0.1) is 0 Å². The lowest BCUT2D eigenvalue weighted by atomic mass is 10.0. The van der Waals surface area contributed by atoms with Crippen LogP contribution < -0.4 is 0 Å². The first kappa shape index (κ1) is 69.4. The number of rotatable bonds is 58. The molecule has 72 heavy (non-hydrogen) atoms. The van der Waals surface area contributed by atoms with Crippen molar-refractivity contribution < 1.29 is 28.6 Å². The lowest BCUT2D eigenvalue weighted by Gasteiger charge is -2.18. The van der Waals surface area contributed by atoms with Gasteiger partial charge in [0, 0.05) is 19.3 Å². The fourth-order valence-corrected chi connectivity index (χ4v) is 9.38. The van der Waals surface area contributed by atoms with Crippen LogP contribution in [0.3, 0.4) is 0 Å². The lowest BCUT2D eigenvalue weighted by Crippen LogP contribution is -2.30. The van der Waals surface area contributed by atoms with Gasteiger partial charge in [-0.05, 0) is 57.8 Å². The van der Waals surface area contributed by atoms with Gasteiger partial charge in [-0.15, -0.1) is 0 Å². The van der Waals surface area contributed by atoms with Crippen molar-refractivity contribution >= 4 is 17.9 Å². The first-order chi connectivity index (χ1) is 35.5. The Balaban J connectivity index is 4.33. The summed E-state index contributed by atoms with van der Waals surface area (Å²) in [7, 11) is 0. The maximum atomic E-state index is 12.9. The molecular formula is C66H120O6. The molecule has 0 aliphatic carbocycles. The highest BCUT2D eigenvalue weighted by atomic mass is 16.6. The molecule has 0 fully saturated rings. The molecular weight excluding hydrogens is 889 g/mol. The Morgan fingerprint density at radius 1 is 0.292 bits per heavy atom. The SMILES string of the molecule is CC/C=C\C/C=C\C/C=C\C/C=C\CCCCCCCCCCC(=O)OCC(COC(=O)CCCCCCCCCCCCCCCCC)OC(=O)CCCCCCCCCCCCCCCCCCCC. The Bertz CT molecular complexity index is 1250. The molecule has 6 heteroatoms. The molecule has 0 aromatic rings. The molecule has 0 aromatic heterocycles. The van der Waals surface area contributed by atoms with E-state index in [2.05, 4.69) is 69.4 Å². The monoisotopic (exact) mass is 1010 g/mol. The fourth-order valence-electron chi connectivity index (χ4n) is 9.38. The summed E-state index contributed by atoms with van der Waals surface area (Å²) in [6, 6.07) is 0. The average molecular weight is 1010 g/mol. The molecule has 0 amide bonds. The van der Waals surface area contributed by atoms with E-state index < -0.39 is 6.10 Å². The van der Waals surface area contributed by atoms with E-state index in [1.165, 1.54) is 205 Å². The molecule has 0 aliphatic heterocycles. The van der Waals surface area contributed by atoms with E-state index in [0.29, 0.717) is 19.3 Å². The molecule has 6 nitrogen and oxygen atoms in total. The smallest absolute Gasteiger partial charge is 0.306 e. The van der Waals surface area contributed by atoms with Crippen molar-refractivity contribution in [3.63, 3.8) is 0 Å². The normalized spacial score (nSPS) is 12.3. The Morgan fingerprint density at radius 2 is 0.542 bits per heavy atom. The number of unbranched alkanes of at least 4 members (excludes halogenated alkanes) is 39. The predicted molar refractivity (Wildman–Crippen MR) is 312 cm³/mol. The van der Waals surface area contributed by atoms with Crippen LogP contribution in [0.15, 0.2) is 48.6 Å². The number of hydrogen-bond acceptors (Lipinski definition) is 6. The van der Waals surface area contributed by atoms with Gasteiger partial charge in [-0.3, -0.25) is 14.4 Å². The van der Waals surface area contributed by atoms with Gasteiger partial charge >= 0.3 is 17.9 Å². The van der Waals surface area contributed by atoms with Crippen molar-refractivity contribution in [1.29, 1.82) is 0 Å². The Kier molecular flexibility index (Phi) is 58.7. The zero-order valence-electron chi connectivity index (χ0n) is 48.2. The Labute approximate surface area is 448 Å². The van der Waals surface area contributed by atoms with Crippen LogP contribution in [-0.2, 0) is 28.6 Å². The van der Waals surface area contributed by atoms with E-state index in [9.17, 15) is 14.4 Å². The highest BCUT2D eigenvalue weighted by Crippen LogP contribution is 2.18. The van der Waals surface area contributed by atoms with Crippen LogP contribution in [0.4, 0.5) is 0 Å². The molecule has 0 spiro atoms. The topological polar surface area (TPSA) is 78.9 Å². The van der Waals surface area contributed by atoms with Gasteiger partial charge in [-0.1, -0.05) is 307 Å². The lowest BCUT2D eigenvalue weighted by molar-refractivity contribution is -0.167. The minimum atomic E-state index is -0.773. The zero-order chi connectivity index (χ0) is 52.2. The van der Waals surface area contributed by atoms with Crippen LogP contribution >= 0.6 is 0 Å². The molecule has 0 saturated carbocycles. The van der Waals surface area contributed by atoms with Gasteiger partial charge in [0.2, 0.25) is 0 Å². The van der Waals surface area contributed by atoms with Crippen LogP contribution in [0.1, 0.15) is 335 Å². The summed E-state index contributed by atoms with van der Waals surface area (Å²) in [6.45, 7) is 6.58. The summed E-state index contributed by atoms with van der Waals surface area (Å²) in [4.78, 5) is 38.3. The molecule has 0 bridgehead atoms. The molecule has 0 heterocycles. The van der Waals surface area contributed by atoms with Crippen LogP contribution in [-0.4, -0.2) is 37.2 Å². The Hall–Kier alpha value is -2.63. The molecule has 0 radical (unpaired) electrons. The molecule has 1 atom stereocenters. The van der Waals surface area contributed by atoms with Crippen LogP contribution in [0.2, 0.25) is 0 Å². The van der Waals surface area contributed by atoms with Gasteiger partial charge in [-0.2, -0.15) is 0 Å². The summed E-state index contributed by atoms with van der Waals surface area (Å²) in [5.41, 5.74) is 0. The van der Waals surface area contributed by atoms with E-state index in [0.717, 1.165) is 89.9 Å². The van der Waals surface area contributed by atoms with Crippen molar-refractivity contribution in [1.82, 2.24) is 0 Å².